The number of nitrogens with zero attached hydrogens (tertiary/aromatic N) is 2. The molecule has 1 heterocycles. The van der Waals surface area contributed by atoms with E-state index in [-0.39, 0.29) is 5.78 Å². The highest BCUT2D eigenvalue weighted by Gasteiger charge is 2.13. The topological polar surface area (TPSA) is 60.9 Å². The van der Waals surface area contributed by atoms with Crippen LogP contribution in [0.15, 0.2) is 12.5 Å². The molecule has 102 valence electrons. The molecule has 1 aromatic rings. The van der Waals surface area contributed by atoms with Gasteiger partial charge in [-0.3, -0.25) is 4.79 Å². The fourth-order valence-corrected chi connectivity index (χ4v) is 2.22. The number of nitrogens with two attached hydrogens (primary N) is 1. The van der Waals surface area contributed by atoms with E-state index in [9.17, 15) is 4.79 Å². The Bertz CT molecular complexity index is 354. The number of rotatable bonds is 9. The molecule has 0 aliphatic carbocycles. The van der Waals surface area contributed by atoms with E-state index < -0.39 is 0 Å². The molecule has 0 aliphatic rings. The van der Waals surface area contributed by atoms with E-state index in [4.69, 9.17) is 5.73 Å². The van der Waals surface area contributed by atoms with Gasteiger partial charge in [-0.05, 0) is 32.2 Å². The van der Waals surface area contributed by atoms with Gasteiger partial charge in [-0.15, -0.1) is 0 Å². The number of hydrogen-bond acceptors (Lipinski definition) is 3. The molecule has 0 saturated carbocycles. The zero-order valence-electron chi connectivity index (χ0n) is 11.6. The predicted octanol–water partition coefficient (Wildman–Crippen LogP) is 2.63. The SMILES string of the molecule is CCCC(CCN)CCC(=O)c1cn(CC)cn1. The van der Waals surface area contributed by atoms with Gasteiger partial charge >= 0.3 is 0 Å². The van der Waals surface area contributed by atoms with E-state index in [1.807, 2.05) is 17.7 Å². The van der Waals surface area contributed by atoms with Gasteiger partial charge in [0, 0.05) is 19.2 Å². The van der Waals surface area contributed by atoms with Crippen molar-refractivity contribution in [2.45, 2.75) is 52.5 Å². The van der Waals surface area contributed by atoms with E-state index in [0.29, 0.717) is 24.6 Å². The summed E-state index contributed by atoms with van der Waals surface area (Å²) >= 11 is 0. The zero-order chi connectivity index (χ0) is 13.4. The summed E-state index contributed by atoms with van der Waals surface area (Å²) in [5.74, 6) is 0.734. The quantitative estimate of drug-likeness (QED) is 0.686. The van der Waals surface area contributed by atoms with Crippen molar-refractivity contribution in [3.05, 3.63) is 18.2 Å². The number of aromatic nitrogens is 2. The number of aryl methyl sites for hydroxylation is 1. The zero-order valence-corrected chi connectivity index (χ0v) is 11.6. The summed E-state index contributed by atoms with van der Waals surface area (Å²) in [5, 5.41) is 0. The summed E-state index contributed by atoms with van der Waals surface area (Å²) in [7, 11) is 0. The first-order valence-corrected chi connectivity index (χ1v) is 6.96. The first kappa shape index (κ1) is 14.9. The maximum Gasteiger partial charge on any atom is 0.182 e. The molecule has 18 heavy (non-hydrogen) atoms. The molecule has 1 rings (SSSR count). The highest BCUT2D eigenvalue weighted by Crippen LogP contribution is 2.18. The largest absolute Gasteiger partial charge is 0.337 e. The third kappa shape index (κ3) is 4.61. The third-order valence-electron chi connectivity index (χ3n) is 3.34. The Kier molecular flexibility index (Phi) is 6.65. The van der Waals surface area contributed by atoms with Crippen LogP contribution in [-0.2, 0) is 6.54 Å². The van der Waals surface area contributed by atoms with Gasteiger partial charge in [0.25, 0.3) is 0 Å². The summed E-state index contributed by atoms with van der Waals surface area (Å²) < 4.78 is 1.93. The van der Waals surface area contributed by atoms with Gasteiger partial charge in [0.05, 0.1) is 6.33 Å². The van der Waals surface area contributed by atoms with Crippen molar-refractivity contribution in [1.29, 1.82) is 0 Å². The molecule has 0 saturated heterocycles. The normalized spacial score (nSPS) is 12.6. The lowest BCUT2D eigenvalue weighted by atomic mass is 9.93. The average Bonchev–Trinajstić information content (AvgIpc) is 2.85. The smallest absolute Gasteiger partial charge is 0.182 e. The van der Waals surface area contributed by atoms with E-state index in [0.717, 1.165) is 32.2 Å². The van der Waals surface area contributed by atoms with Crippen molar-refractivity contribution in [2.75, 3.05) is 6.54 Å². The number of hydrogen-bond donors (Lipinski definition) is 1. The molecule has 1 aromatic heterocycles. The highest BCUT2D eigenvalue weighted by atomic mass is 16.1. The van der Waals surface area contributed by atoms with Crippen LogP contribution in [0.25, 0.3) is 0 Å². The number of ketones is 1. The van der Waals surface area contributed by atoms with Crippen molar-refractivity contribution in [3.8, 4) is 0 Å². The van der Waals surface area contributed by atoms with E-state index in [1.54, 1.807) is 6.33 Å². The highest BCUT2D eigenvalue weighted by molar-refractivity contribution is 5.93. The molecule has 2 N–H and O–H groups in total. The van der Waals surface area contributed by atoms with E-state index >= 15 is 0 Å². The molecule has 0 radical (unpaired) electrons. The number of carbonyl (C=O) groups is 1. The molecule has 1 unspecified atom stereocenters. The molecule has 0 aliphatic heterocycles. The molecular formula is C14H25N3O. The maximum atomic E-state index is 12.0. The second-order valence-corrected chi connectivity index (χ2v) is 4.78. The third-order valence-corrected chi connectivity index (χ3v) is 3.34. The average molecular weight is 251 g/mol. The van der Waals surface area contributed by atoms with Crippen LogP contribution >= 0.6 is 0 Å². The van der Waals surface area contributed by atoms with Gasteiger partial charge in [-0.1, -0.05) is 19.8 Å². The molecule has 0 amide bonds. The second-order valence-electron chi connectivity index (χ2n) is 4.78. The Hall–Kier alpha value is -1.16. The molecule has 0 spiro atoms. The summed E-state index contributed by atoms with van der Waals surface area (Å²) in [5.41, 5.74) is 6.20. The van der Waals surface area contributed by atoms with Crippen LogP contribution in [0.1, 0.15) is 56.4 Å². The molecule has 0 aromatic carbocycles. The Labute approximate surface area is 110 Å². The van der Waals surface area contributed by atoms with Crippen LogP contribution in [0.5, 0.6) is 0 Å². The minimum atomic E-state index is 0.153. The Morgan fingerprint density at radius 1 is 1.39 bits per heavy atom. The lowest BCUT2D eigenvalue weighted by Crippen LogP contribution is -2.11. The summed E-state index contributed by atoms with van der Waals surface area (Å²) in [6.45, 7) is 5.78. The molecule has 4 heteroatoms. The summed E-state index contributed by atoms with van der Waals surface area (Å²) in [6.07, 6.45) is 8.41. The van der Waals surface area contributed by atoms with Gasteiger partial charge in [0.15, 0.2) is 5.78 Å². The minimum Gasteiger partial charge on any atom is -0.337 e. The van der Waals surface area contributed by atoms with Crippen molar-refractivity contribution in [1.82, 2.24) is 9.55 Å². The van der Waals surface area contributed by atoms with Crippen molar-refractivity contribution in [2.24, 2.45) is 11.7 Å². The van der Waals surface area contributed by atoms with Crippen molar-refractivity contribution in [3.63, 3.8) is 0 Å². The number of imidazole rings is 1. The molecule has 4 nitrogen and oxygen atoms in total. The molecular weight excluding hydrogens is 226 g/mol. The standard InChI is InChI=1S/C14H25N3O/c1-3-5-12(8-9-15)6-7-14(18)13-10-17(4-2)11-16-13/h10-12H,3-9,15H2,1-2H3. The number of carbonyl (C=O) groups excluding carboxylic acids is 1. The monoisotopic (exact) mass is 251 g/mol. The summed E-state index contributed by atoms with van der Waals surface area (Å²) in [4.78, 5) is 16.1. The van der Waals surface area contributed by atoms with Crippen LogP contribution in [0, 0.1) is 5.92 Å². The van der Waals surface area contributed by atoms with E-state index in [1.165, 1.54) is 0 Å². The minimum absolute atomic E-state index is 0.153. The lowest BCUT2D eigenvalue weighted by Gasteiger charge is -2.13. The van der Waals surface area contributed by atoms with Crippen LogP contribution in [0.3, 0.4) is 0 Å². The maximum absolute atomic E-state index is 12.0. The first-order chi connectivity index (χ1) is 8.71. The van der Waals surface area contributed by atoms with E-state index in [2.05, 4.69) is 11.9 Å². The number of Topliss-reactive ketones (excluding diaryl/α,β-unsaturated/α-hetero) is 1. The van der Waals surface area contributed by atoms with Gasteiger partial charge in [-0.25, -0.2) is 4.98 Å². The fourth-order valence-electron chi connectivity index (χ4n) is 2.22. The van der Waals surface area contributed by atoms with Crippen molar-refractivity contribution >= 4 is 5.78 Å². The van der Waals surface area contributed by atoms with Gasteiger partial charge < -0.3 is 10.3 Å². The van der Waals surface area contributed by atoms with Crippen LogP contribution < -0.4 is 5.73 Å². The molecule has 1 atom stereocenters. The van der Waals surface area contributed by atoms with Crippen LogP contribution in [0.4, 0.5) is 0 Å². The second kappa shape index (κ2) is 8.03. The van der Waals surface area contributed by atoms with Crippen LogP contribution in [-0.4, -0.2) is 21.9 Å². The van der Waals surface area contributed by atoms with Crippen molar-refractivity contribution < 1.29 is 4.79 Å². The molecule has 0 fully saturated rings. The van der Waals surface area contributed by atoms with Gasteiger partial charge in [0.2, 0.25) is 0 Å². The van der Waals surface area contributed by atoms with Gasteiger partial charge in [0.1, 0.15) is 5.69 Å². The first-order valence-electron chi connectivity index (χ1n) is 6.96. The Morgan fingerprint density at radius 3 is 2.72 bits per heavy atom. The Morgan fingerprint density at radius 2 is 2.17 bits per heavy atom. The Balaban J connectivity index is 2.43. The lowest BCUT2D eigenvalue weighted by molar-refractivity contribution is 0.0967. The summed E-state index contributed by atoms with van der Waals surface area (Å²) in [6, 6.07) is 0. The fraction of sp³-hybridized carbons (Fsp3) is 0.714. The predicted molar refractivity (Wildman–Crippen MR) is 73.5 cm³/mol. The van der Waals surface area contributed by atoms with Crippen LogP contribution in [0.2, 0.25) is 0 Å². The molecule has 0 bridgehead atoms. The van der Waals surface area contributed by atoms with Gasteiger partial charge in [-0.2, -0.15) is 0 Å².